The van der Waals surface area contributed by atoms with E-state index in [4.69, 9.17) is 5.73 Å². The highest BCUT2D eigenvalue weighted by Gasteiger charge is 2.51. The SMILES string of the molecule is CC1(C)CN(Cc2cnc(N)s2)CCC1C(F)(F)F. The van der Waals surface area contributed by atoms with Crippen molar-refractivity contribution >= 4 is 16.5 Å². The van der Waals surface area contributed by atoms with Crippen LogP contribution in [0.15, 0.2) is 6.20 Å². The molecule has 7 heteroatoms. The molecule has 2 rings (SSSR count). The Hall–Kier alpha value is -0.820. The van der Waals surface area contributed by atoms with Gasteiger partial charge in [0.1, 0.15) is 0 Å². The van der Waals surface area contributed by atoms with Crippen LogP contribution in [-0.2, 0) is 6.54 Å². The molecule has 1 saturated heterocycles. The number of hydrogen-bond acceptors (Lipinski definition) is 4. The summed E-state index contributed by atoms with van der Waals surface area (Å²) in [7, 11) is 0. The zero-order chi connectivity index (χ0) is 14.3. The summed E-state index contributed by atoms with van der Waals surface area (Å²) in [5.41, 5.74) is 4.80. The summed E-state index contributed by atoms with van der Waals surface area (Å²) in [6, 6.07) is 0. The minimum absolute atomic E-state index is 0.158. The zero-order valence-electron chi connectivity index (χ0n) is 11.0. The lowest BCUT2D eigenvalue weighted by molar-refractivity contribution is -0.217. The van der Waals surface area contributed by atoms with Crippen molar-refractivity contribution < 1.29 is 13.2 Å². The fourth-order valence-electron chi connectivity index (χ4n) is 2.83. The third-order valence-electron chi connectivity index (χ3n) is 3.65. The van der Waals surface area contributed by atoms with Gasteiger partial charge in [0.15, 0.2) is 5.13 Å². The second kappa shape index (κ2) is 4.94. The highest BCUT2D eigenvalue weighted by Crippen LogP contribution is 2.45. The quantitative estimate of drug-likeness (QED) is 0.911. The molecule has 1 aromatic rings. The van der Waals surface area contributed by atoms with Crippen LogP contribution in [-0.4, -0.2) is 29.1 Å². The molecular formula is C12H18F3N3S. The molecule has 3 nitrogen and oxygen atoms in total. The van der Waals surface area contributed by atoms with E-state index < -0.39 is 17.5 Å². The first-order valence-corrected chi connectivity index (χ1v) is 6.99. The van der Waals surface area contributed by atoms with Gasteiger partial charge >= 0.3 is 6.18 Å². The standard InChI is InChI=1S/C12H18F3N3S/c1-11(2)7-18(4-3-9(11)12(13,14)15)6-8-5-17-10(16)19-8/h5,9H,3-4,6-7H2,1-2H3,(H2,16,17). The van der Waals surface area contributed by atoms with Crippen LogP contribution in [0.1, 0.15) is 25.1 Å². The number of likely N-dealkylation sites (tertiary alicyclic amines) is 1. The molecule has 1 aromatic heterocycles. The highest BCUT2D eigenvalue weighted by molar-refractivity contribution is 7.15. The predicted molar refractivity (Wildman–Crippen MR) is 69.7 cm³/mol. The number of alkyl halides is 3. The number of rotatable bonds is 2. The molecule has 108 valence electrons. The van der Waals surface area contributed by atoms with Crippen molar-refractivity contribution in [3.05, 3.63) is 11.1 Å². The van der Waals surface area contributed by atoms with E-state index in [1.165, 1.54) is 11.3 Å². The van der Waals surface area contributed by atoms with Crippen molar-refractivity contribution in [2.45, 2.75) is 33.0 Å². The van der Waals surface area contributed by atoms with E-state index in [0.717, 1.165) is 4.88 Å². The summed E-state index contributed by atoms with van der Waals surface area (Å²) in [6.07, 6.45) is -2.25. The van der Waals surface area contributed by atoms with Crippen molar-refractivity contribution in [2.75, 3.05) is 18.8 Å². The second-order valence-electron chi connectivity index (χ2n) is 5.75. The molecule has 1 unspecified atom stereocenters. The maximum atomic E-state index is 13.0. The van der Waals surface area contributed by atoms with Crippen LogP contribution in [0.3, 0.4) is 0 Å². The Morgan fingerprint density at radius 2 is 2.21 bits per heavy atom. The molecular weight excluding hydrogens is 275 g/mol. The van der Waals surface area contributed by atoms with Crippen molar-refractivity contribution in [3.8, 4) is 0 Å². The third-order valence-corrected chi connectivity index (χ3v) is 4.47. The van der Waals surface area contributed by atoms with E-state index in [0.29, 0.717) is 24.8 Å². The molecule has 0 aromatic carbocycles. The minimum atomic E-state index is -4.11. The summed E-state index contributed by atoms with van der Waals surface area (Å²) in [4.78, 5) is 7.01. The number of halogens is 3. The maximum absolute atomic E-state index is 13.0. The second-order valence-corrected chi connectivity index (χ2v) is 6.89. The third kappa shape index (κ3) is 3.39. The first kappa shape index (κ1) is 14.6. The number of nitrogens with zero attached hydrogens (tertiary/aromatic N) is 2. The van der Waals surface area contributed by atoms with Gasteiger partial charge in [-0.1, -0.05) is 13.8 Å². The van der Waals surface area contributed by atoms with Crippen LogP contribution in [0, 0.1) is 11.3 Å². The first-order chi connectivity index (χ1) is 8.68. The number of nitrogen functional groups attached to an aromatic ring is 1. The minimum Gasteiger partial charge on any atom is -0.375 e. The number of thiazole rings is 1. The Balaban J connectivity index is 2.02. The molecule has 0 aliphatic carbocycles. The molecule has 0 spiro atoms. The molecule has 1 atom stereocenters. The molecule has 0 saturated carbocycles. The van der Waals surface area contributed by atoms with Gasteiger partial charge in [-0.05, 0) is 18.4 Å². The molecule has 2 N–H and O–H groups in total. The Bertz CT molecular complexity index is 442. The van der Waals surface area contributed by atoms with E-state index in [1.54, 1.807) is 20.0 Å². The van der Waals surface area contributed by atoms with Gasteiger partial charge in [-0.3, -0.25) is 4.90 Å². The first-order valence-electron chi connectivity index (χ1n) is 6.18. The average molecular weight is 293 g/mol. The topological polar surface area (TPSA) is 42.2 Å². The van der Waals surface area contributed by atoms with Gasteiger partial charge in [0.05, 0.1) is 5.92 Å². The monoisotopic (exact) mass is 293 g/mol. The molecule has 2 heterocycles. The number of nitrogens with two attached hydrogens (primary N) is 1. The van der Waals surface area contributed by atoms with Gasteiger partial charge in [-0.2, -0.15) is 13.2 Å². The maximum Gasteiger partial charge on any atom is 0.392 e. The molecule has 0 amide bonds. The summed E-state index contributed by atoms with van der Waals surface area (Å²) in [5, 5.41) is 0.499. The van der Waals surface area contributed by atoms with Crippen LogP contribution < -0.4 is 5.73 Å². The van der Waals surface area contributed by atoms with Crippen molar-refractivity contribution in [3.63, 3.8) is 0 Å². The van der Waals surface area contributed by atoms with E-state index in [9.17, 15) is 13.2 Å². The lowest BCUT2D eigenvalue weighted by Crippen LogP contribution is -2.50. The summed E-state index contributed by atoms with van der Waals surface area (Å²) < 4.78 is 38.9. The lowest BCUT2D eigenvalue weighted by atomic mass is 9.73. The van der Waals surface area contributed by atoms with Crippen LogP contribution in [0.2, 0.25) is 0 Å². The lowest BCUT2D eigenvalue weighted by Gasteiger charge is -2.44. The van der Waals surface area contributed by atoms with Gasteiger partial charge in [0, 0.05) is 24.2 Å². The van der Waals surface area contributed by atoms with Gasteiger partial charge < -0.3 is 5.73 Å². The Morgan fingerprint density at radius 3 is 2.68 bits per heavy atom. The fourth-order valence-corrected chi connectivity index (χ4v) is 3.55. The van der Waals surface area contributed by atoms with E-state index >= 15 is 0 Å². The Labute approximate surface area is 114 Å². The fraction of sp³-hybridized carbons (Fsp3) is 0.750. The summed E-state index contributed by atoms with van der Waals surface area (Å²) >= 11 is 1.39. The van der Waals surface area contributed by atoms with E-state index in [-0.39, 0.29) is 6.42 Å². The van der Waals surface area contributed by atoms with Gasteiger partial charge in [0.2, 0.25) is 0 Å². The van der Waals surface area contributed by atoms with Gasteiger partial charge in [-0.25, -0.2) is 4.98 Å². The number of piperidine rings is 1. The van der Waals surface area contributed by atoms with Crippen molar-refractivity contribution in [1.29, 1.82) is 0 Å². The highest BCUT2D eigenvalue weighted by atomic mass is 32.1. The van der Waals surface area contributed by atoms with Crippen molar-refractivity contribution in [1.82, 2.24) is 9.88 Å². The van der Waals surface area contributed by atoms with Gasteiger partial charge in [0.25, 0.3) is 0 Å². The number of hydrogen-bond donors (Lipinski definition) is 1. The smallest absolute Gasteiger partial charge is 0.375 e. The number of anilines is 1. The van der Waals surface area contributed by atoms with Crippen LogP contribution >= 0.6 is 11.3 Å². The molecule has 0 bridgehead atoms. The molecule has 0 radical (unpaired) electrons. The van der Waals surface area contributed by atoms with Crippen LogP contribution in [0.25, 0.3) is 0 Å². The molecule has 1 aliphatic heterocycles. The predicted octanol–water partition coefficient (Wildman–Crippen LogP) is 3.14. The molecule has 19 heavy (non-hydrogen) atoms. The van der Waals surface area contributed by atoms with E-state index in [1.807, 2.05) is 0 Å². The normalized spacial score (nSPS) is 24.6. The largest absolute Gasteiger partial charge is 0.392 e. The Kier molecular flexibility index (Phi) is 3.79. The molecule has 1 aliphatic rings. The Morgan fingerprint density at radius 1 is 1.53 bits per heavy atom. The van der Waals surface area contributed by atoms with Gasteiger partial charge in [-0.15, -0.1) is 11.3 Å². The van der Waals surface area contributed by atoms with Crippen LogP contribution in [0.4, 0.5) is 18.3 Å². The zero-order valence-corrected chi connectivity index (χ0v) is 11.8. The van der Waals surface area contributed by atoms with Crippen LogP contribution in [0.5, 0.6) is 0 Å². The summed E-state index contributed by atoms with van der Waals surface area (Å²) in [6.45, 7) is 4.92. The molecule has 1 fully saturated rings. The number of aromatic nitrogens is 1. The average Bonchev–Trinajstić information content (AvgIpc) is 2.60. The van der Waals surface area contributed by atoms with E-state index in [2.05, 4.69) is 9.88 Å². The van der Waals surface area contributed by atoms with Crippen molar-refractivity contribution in [2.24, 2.45) is 11.3 Å². The summed E-state index contributed by atoms with van der Waals surface area (Å²) in [5.74, 6) is -1.22.